The Morgan fingerprint density at radius 3 is 2.48 bits per heavy atom. The van der Waals surface area contributed by atoms with E-state index in [-0.39, 0.29) is 5.91 Å². The number of hydrogen-bond donors (Lipinski definition) is 2. The Morgan fingerprint density at radius 2 is 1.90 bits per heavy atom. The topological polar surface area (TPSA) is 116 Å². The van der Waals surface area contributed by atoms with Gasteiger partial charge >= 0.3 is 0 Å². The van der Waals surface area contributed by atoms with Gasteiger partial charge in [-0.25, -0.2) is 0 Å². The Morgan fingerprint density at radius 1 is 1.17 bits per heavy atom. The first-order valence-corrected chi connectivity index (χ1v) is 10.1. The van der Waals surface area contributed by atoms with E-state index >= 15 is 0 Å². The minimum atomic E-state index is -0.511. The fraction of sp³-hybridized carbons (Fsp3) is 0.300. The summed E-state index contributed by atoms with van der Waals surface area (Å²) in [5.41, 5.74) is 6.21. The number of aromatic nitrogens is 3. The molecule has 0 aliphatic heterocycles. The van der Waals surface area contributed by atoms with Gasteiger partial charge in [0.15, 0.2) is 16.7 Å². The lowest BCUT2D eigenvalue weighted by molar-refractivity contribution is -0.115. The summed E-state index contributed by atoms with van der Waals surface area (Å²) >= 11 is 1.33. The summed E-state index contributed by atoms with van der Waals surface area (Å²) in [7, 11) is 0. The number of thioether (sulfide) groups is 1. The molecule has 0 bridgehead atoms. The van der Waals surface area contributed by atoms with Crippen molar-refractivity contribution in [1.82, 2.24) is 14.8 Å². The minimum absolute atomic E-state index is 0.180. The number of carbonyl (C=O) groups is 2. The van der Waals surface area contributed by atoms with Crippen LogP contribution in [0.1, 0.15) is 31.1 Å². The third-order valence-electron chi connectivity index (χ3n) is 4.09. The van der Waals surface area contributed by atoms with Crippen LogP contribution < -0.4 is 11.1 Å². The van der Waals surface area contributed by atoms with Crippen LogP contribution in [0.5, 0.6) is 0 Å². The number of benzene rings is 1. The second-order valence-corrected chi connectivity index (χ2v) is 8.29. The molecule has 9 heteroatoms. The maximum absolute atomic E-state index is 12.6. The van der Waals surface area contributed by atoms with E-state index in [4.69, 9.17) is 10.2 Å². The van der Waals surface area contributed by atoms with Crippen LogP contribution in [0.4, 0.5) is 5.69 Å². The second-order valence-electron chi connectivity index (χ2n) is 6.98. The highest BCUT2D eigenvalue weighted by Crippen LogP contribution is 2.28. The van der Waals surface area contributed by atoms with Crippen molar-refractivity contribution < 1.29 is 14.0 Å². The number of hydrogen-bond acceptors (Lipinski definition) is 6. The van der Waals surface area contributed by atoms with E-state index in [0.29, 0.717) is 40.5 Å². The van der Waals surface area contributed by atoms with E-state index < -0.39 is 11.2 Å². The first-order chi connectivity index (χ1) is 13.8. The normalized spacial score (nSPS) is 12.1. The maximum atomic E-state index is 12.6. The largest absolute Gasteiger partial charge is 0.461 e. The number of primary amides is 1. The monoisotopic (exact) mass is 413 g/mol. The average molecular weight is 414 g/mol. The fourth-order valence-corrected chi connectivity index (χ4v) is 3.53. The van der Waals surface area contributed by atoms with Crippen molar-refractivity contribution in [2.75, 3.05) is 5.32 Å². The highest BCUT2D eigenvalue weighted by atomic mass is 32.2. The van der Waals surface area contributed by atoms with Gasteiger partial charge in [0.2, 0.25) is 11.8 Å². The summed E-state index contributed by atoms with van der Waals surface area (Å²) in [6, 6.07) is 10.1. The van der Waals surface area contributed by atoms with E-state index in [1.165, 1.54) is 11.8 Å². The molecule has 2 heterocycles. The van der Waals surface area contributed by atoms with Crippen LogP contribution in [0.3, 0.4) is 0 Å². The van der Waals surface area contributed by atoms with Crippen molar-refractivity contribution >= 4 is 29.3 Å². The van der Waals surface area contributed by atoms with Gasteiger partial charge in [0.25, 0.3) is 0 Å². The molecule has 0 spiro atoms. The Hall–Kier alpha value is -3.07. The summed E-state index contributed by atoms with van der Waals surface area (Å²) in [5, 5.41) is 11.6. The van der Waals surface area contributed by atoms with Gasteiger partial charge in [0, 0.05) is 17.8 Å². The van der Waals surface area contributed by atoms with Gasteiger partial charge in [0.05, 0.1) is 11.5 Å². The van der Waals surface area contributed by atoms with Crippen molar-refractivity contribution in [3.05, 3.63) is 48.2 Å². The van der Waals surface area contributed by atoms with Crippen LogP contribution in [0.25, 0.3) is 11.6 Å². The summed E-state index contributed by atoms with van der Waals surface area (Å²) in [5.74, 6) is 0.952. The van der Waals surface area contributed by atoms with Crippen LogP contribution in [0.2, 0.25) is 0 Å². The minimum Gasteiger partial charge on any atom is -0.461 e. The van der Waals surface area contributed by atoms with Crippen molar-refractivity contribution in [3.63, 3.8) is 0 Å². The first kappa shape index (κ1) is 20.7. The van der Waals surface area contributed by atoms with Crippen molar-refractivity contribution in [2.45, 2.75) is 37.7 Å². The predicted molar refractivity (Wildman–Crippen MR) is 111 cm³/mol. The molecule has 1 aromatic carbocycles. The number of nitrogens with one attached hydrogen (secondary N) is 1. The molecular weight excluding hydrogens is 390 g/mol. The van der Waals surface area contributed by atoms with E-state index in [0.717, 1.165) is 0 Å². The van der Waals surface area contributed by atoms with E-state index in [1.807, 2.05) is 10.6 Å². The fourth-order valence-electron chi connectivity index (χ4n) is 2.67. The molecule has 0 fully saturated rings. The molecule has 3 rings (SSSR count). The van der Waals surface area contributed by atoms with Crippen LogP contribution >= 0.6 is 11.8 Å². The van der Waals surface area contributed by atoms with Crippen molar-refractivity contribution in [1.29, 1.82) is 0 Å². The highest BCUT2D eigenvalue weighted by molar-refractivity contribution is 8.00. The molecule has 0 unspecified atom stereocenters. The smallest absolute Gasteiger partial charge is 0.248 e. The van der Waals surface area contributed by atoms with Crippen LogP contribution in [0, 0.1) is 5.92 Å². The SMILES string of the molecule is CC(C)Cn1c(S[C@H](C)C(=O)Nc2ccc(C(N)=O)cc2)nnc1-c1ccco1. The molecule has 3 aromatic rings. The molecule has 1 atom stereocenters. The predicted octanol–water partition coefficient (Wildman–Crippen LogP) is 3.41. The number of nitrogens with zero attached hydrogens (tertiary/aromatic N) is 3. The molecular formula is C20H23N5O3S. The molecule has 152 valence electrons. The lowest BCUT2D eigenvalue weighted by Crippen LogP contribution is -2.23. The maximum Gasteiger partial charge on any atom is 0.248 e. The van der Waals surface area contributed by atoms with Gasteiger partial charge in [-0.1, -0.05) is 25.6 Å². The number of anilines is 1. The number of rotatable bonds is 8. The molecule has 29 heavy (non-hydrogen) atoms. The third kappa shape index (κ3) is 5.05. The van der Waals surface area contributed by atoms with E-state index in [2.05, 4.69) is 29.4 Å². The zero-order chi connectivity index (χ0) is 21.0. The van der Waals surface area contributed by atoms with Crippen molar-refractivity contribution in [2.24, 2.45) is 11.7 Å². The molecule has 3 N–H and O–H groups in total. The molecule has 0 saturated carbocycles. The number of amides is 2. The van der Waals surface area contributed by atoms with Gasteiger partial charge in [-0.05, 0) is 49.2 Å². The standard InChI is InChI=1S/C20H23N5O3S/c1-12(2)11-25-18(16-5-4-10-28-16)23-24-20(25)29-13(3)19(27)22-15-8-6-14(7-9-15)17(21)26/h4-10,12-13H,11H2,1-3H3,(H2,21,26)(H,22,27)/t13-/m1/s1. The van der Waals surface area contributed by atoms with Crippen LogP contribution in [0.15, 0.2) is 52.2 Å². The lowest BCUT2D eigenvalue weighted by Gasteiger charge is -2.14. The summed E-state index contributed by atoms with van der Waals surface area (Å²) in [6.07, 6.45) is 1.59. The summed E-state index contributed by atoms with van der Waals surface area (Å²) < 4.78 is 7.44. The van der Waals surface area contributed by atoms with Crippen LogP contribution in [-0.2, 0) is 11.3 Å². The van der Waals surface area contributed by atoms with Gasteiger partial charge in [-0.3, -0.25) is 14.2 Å². The molecule has 0 saturated heterocycles. The van der Waals surface area contributed by atoms with Gasteiger partial charge in [-0.2, -0.15) is 0 Å². The number of carbonyl (C=O) groups excluding carboxylic acids is 2. The molecule has 2 aromatic heterocycles. The second kappa shape index (κ2) is 8.95. The van der Waals surface area contributed by atoms with Crippen LogP contribution in [-0.4, -0.2) is 31.8 Å². The van der Waals surface area contributed by atoms with E-state index in [9.17, 15) is 9.59 Å². The van der Waals surface area contributed by atoms with E-state index in [1.54, 1.807) is 43.5 Å². The van der Waals surface area contributed by atoms with Gasteiger partial charge in [-0.15, -0.1) is 10.2 Å². The van der Waals surface area contributed by atoms with Crippen molar-refractivity contribution in [3.8, 4) is 11.6 Å². The quantitative estimate of drug-likeness (QED) is 0.547. The molecule has 0 radical (unpaired) electrons. The first-order valence-electron chi connectivity index (χ1n) is 9.19. The summed E-state index contributed by atoms with van der Waals surface area (Å²) in [4.78, 5) is 23.8. The Bertz CT molecular complexity index is 980. The zero-order valence-corrected chi connectivity index (χ0v) is 17.3. The summed E-state index contributed by atoms with van der Waals surface area (Å²) in [6.45, 7) is 6.71. The Labute approximate surface area is 172 Å². The van der Waals surface area contributed by atoms with Gasteiger partial charge in [0.1, 0.15) is 0 Å². The highest BCUT2D eigenvalue weighted by Gasteiger charge is 2.22. The molecule has 2 amide bonds. The number of nitrogens with two attached hydrogens (primary N) is 1. The third-order valence-corrected chi connectivity index (χ3v) is 5.17. The van der Waals surface area contributed by atoms with Gasteiger partial charge < -0.3 is 15.5 Å². The molecule has 8 nitrogen and oxygen atoms in total. The average Bonchev–Trinajstić information content (AvgIpc) is 3.32. The molecule has 0 aliphatic carbocycles. The number of furan rings is 1. The molecule has 0 aliphatic rings. The Kier molecular flexibility index (Phi) is 6.38. The Balaban J connectivity index is 1.73. The zero-order valence-electron chi connectivity index (χ0n) is 16.5. The lowest BCUT2D eigenvalue weighted by atomic mass is 10.2.